The van der Waals surface area contributed by atoms with E-state index in [1.165, 1.54) is 22.2 Å². The lowest BCUT2D eigenvalue weighted by molar-refractivity contribution is -0.113. The van der Waals surface area contributed by atoms with Gasteiger partial charge in [0.25, 0.3) is 0 Å². The van der Waals surface area contributed by atoms with Crippen LogP contribution >= 0.6 is 34.9 Å². The number of carbonyl (C=O) groups is 1. The number of thiophene rings is 1. The van der Waals surface area contributed by atoms with Crippen LogP contribution in [0.2, 0.25) is 0 Å². The number of anilines is 1. The van der Waals surface area contributed by atoms with Crippen LogP contribution in [-0.2, 0) is 22.6 Å². The molecule has 0 fully saturated rings. The van der Waals surface area contributed by atoms with E-state index >= 15 is 0 Å². The summed E-state index contributed by atoms with van der Waals surface area (Å²) in [5.41, 5.74) is 2.44. The second kappa shape index (κ2) is 11.3. The third kappa shape index (κ3) is 5.18. The molecule has 12 heteroatoms. The van der Waals surface area contributed by atoms with Gasteiger partial charge in [-0.15, -0.1) is 21.5 Å². The number of nitrogens with zero attached hydrogens (tertiary/aromatic N) is 4. The summed E-state index contributed by atoms with van der Waals surface area (Å²) < 4.78 is 18.9. The normalized spacial score (nSPS) is 17.1. The van der Waals surface area contributed by atoms with Gasteiger partial charge in [-0.2, -0.15) is 0 Å². The smallest absolute Gasteiger partial charge is 0.234 e. The minimum absolute atomic E-state index is 0.162. The van der Waals surface area contributed by atoms with Crippen molar-refractivity contribution in [2.24, 2.45) is 0 Å². The van der Waals surface area contributed by atoms with E-state index in [0.29, 0.717) is 28.9 Å². The van der Waals surface area contributed by atoms with Crippen LogP contribution in [0.1, 0.15) is 44.1 Å². The van der Waals surface area contributed by atoms with Crippen molar-refractivity contribution < 1.29 is 19.0 Å². The number of fused-ring (bicyclic) bond motifs is 5. The van der Waals surface area contributed by atoms with Crippen molar-refractivity contribution >= 4 is 62.3 Å². The average molecular weight is 574 g/mol. The summed E-state index contributed by atoms with van der Waals surface area (Å²) in [6, 6.07) is 5.28. The summed E-state index contributed by atoms with van der Waals surface area (Å²) >= 11 is 4.71. The molecular weight excluding hydrogens is 543 g/mol. The minimum Gasteiger partial charge on any atom is -0.497 e. The second-order valence-electron chi connectivity index (χ2n) is 9.24. The first-order valence-corrected chi connectivity index (χ1v) is 15.3. The molecule has 9 nitrogen and oxygen atoms in total. The lowest BCUT2D eigenvalue weighted by atomic mass is 9.90. The number of aromatic nitrogens is 4. The van der Waals surface area contributed by atoms with Gasteiger partial charge in [-0.05, 0) is 37.5 Å². The molecule has 1 N–H and O–H groups in total. The van der Waals surface area contributed by atoms with Crippen molar-refractivity contribution in [2.75, 3.05) is 31.0 Å². The third-order valence-electron chi connectivity index (χ3n) is 6.62. The third-order valence-corrected chi connectivity index (χ3v) is 9.79. The predicted molar refractivity (Wildman–Crippen MR) is 153 cm³/mol. The number of carbonyl (C=O) groups excluding carboxylic acids is 1. The number of nitrogens with one attached hydrogen (secondary N) is 1. The summed E-state index contributed by atoms with van der Waals surface area (Å²) in [6.45, 7) is 7.06. The summed E-state index contributed by atoms with van der Waals surface area (Å²) in [7, 11) is 3.15. The molecule has 0 aliphatic carbocycles. The predicted octanol–water partition coefficient (Wildman–Crippen LogP) is 5.83. The highest BCUT2D eigenvalue weighted by molar-refractivity contribution is 8.00. The molecule has 5 rings (SSSR count). The molecule has 1 aliphatic rings. The molecule has 0 unspecified atom stereocenters. The van der Waals surface area contributed by atoms with Crippen LogP contribution in [0.3, 0.4) is 0 Å². The topological polar surface area (TPSA) is 99.9 Å². The van der Waals surface area contributed by atoms with E-state index in [4.69, 9.17) is 19.2 Å². The number of methoxy groups -OCH3 is 2. The van der Waals surface area contributed by atoms with Gasteiger partial charge in [0.1, 0.15) is 16.3 Å². The second-order valence-corrected chi connectivity index (χ2v) is 12.3. The van der Waals surface area contributed by atoms with E-state index in [1.807, 2.05) is 4.40 Å². The van der Waals surface area contributed by atoms with Crippen molar-refractivity contribution in [1.82, 2.24) is 19.6 Å². The number of amides is 1. The molecule has 1 aliphatic heterocycles. The Hall–Kier alpha value is -2.54. The molecule has 202 valence electrons. The molecular formula is C26H31N5O4S3. The van der Waals surface area contributed by atoms with Crippen LogP contribution in [0, 0.1) is 0 Å². The van der Waals surface area contributed by atoms with Gasteiger partial charge >= 0.3 is 0 Å². The molecule has 4 heterocycles. The maximum atomic E-state index is 12.9. The van der Waals surface area contributed by atoms with Crippen molar-refractivity contribution in [1.29, 1.82) is 0 Å². The number of rotatable bonds is 10. The molecule has 0 saturated carbocycles. The van der Waals surface area contributed by atoms with Gasteiger partial charge in [-0.3, -0.25) is 4.79 Å². The molecule has 0 saturated heterocycles. The Morgan fingerprint density at radius 1 is 1.21 bits per heavy atom. The van der Waals surface area contributed by atoms with Gasteiger partial charge in [-0.1, -0.05) is 37.4 Å². The van der Waals surface area contributed by atoms with Gasteiger partial charge in [0, 0.05) is 23.1 Å². The van der Waals surface area contributed by atoms with Crippen LogP contribution in [0.25, 0.3) is 15.9 Å². The van der Waals surface area contributed by atoms with Crippen molar-refractivity contribution in [3.63, 3.8) is 0 Å². The fourth-order valence-corrected chi connectivity index (χ4v) is 7.14. The molecule has 0 spiro atoms. The summed E-state index contributed by atoms with van der Waals surface area (Å²) in [4.78, 5) is 20.1. The fourth-order valence-electron chi connectivity index (χ4n) is 4.35. The molecule has 4 aromatic rings. The largest absolute Gasteiger partial charge is 0.497 e. The van der Waals surface area contributed by atoms with E-state index in [2.05, 4.69) is 36.3 Å². The average Bonchev–Trinajstić information content (AvgIpc) is 3.51. The Morgan fingerprint density at radius 3 is 2.79 bits per heavy atom. The Bertz CT molecular complexity index is 1490. The van der Waals surface area contributed by atoms with E-state index in [-0.39, 0.29) is 17.3 Å². The Labute approximate surface area is 234 Å². The summed E-state index contributed by atoms with van der Waals surface area (Å²) in [5, 5.41) is 14.6. The molecule has 1 aromatic carbocycles. The molecule has 0 bridgehead atoms. The summed E-state index contributed by atoms with van der Waals surface area (Å²) in [5.74, 6) is 2.11. The maximum absolute atomic E-state index is 12.9. The lowest BCUT2D eigenvalue weighted by Crippen LogP contribution is -2.33. The maximum Gasteiger partial charge on any atom is 0.234 e. The van der Waals surface area contributed by atoms with Gasteiger partial charge < -0.3 is 19.5 Å². The Kier molecular flexibility index (Phi) is 8.03. The number of thioether (sulfide) groups is 2. The first-order chi connectivity index (χ1) is 18.4. The van der Waals surface area contributed by atoms with Gasteiger partial charge in [0.05, 0.1) is 43.3 Å². The number of hydrogen-bond donors (Lipinski definition) is 1. The zero-order chi connectivity index (χ0) is 26.9. The first-order valence-electron chi connectivity index (χ1n) is 12.5. The van der Waals surface area contributed by atoms with Gasteiger partial charge in [-0.25, -0.2) is 9.38 Å². The standard InChI is InChI=1S/C26H31N5O4S3/c1-6-10-36-24-28-23-21(16-12-26(3,7-2)35-13-19(16)38-23)22-29-30-25(31(22)24)37-14-20(32)27-17-9-8-15(33-4)11-18(17)34-5/h8-9,11H,6-7,10,12-14H2,1-5H3,(H,27,32)/t26-/m1/s1. The van der Waals surface area contributed by atoms with Crippen molar-refractivity contribution in [3.05, 3.63) is 28.6 Å². The van der Waals surface area contributed by atoms with E-state index in [0.717, 1.165) is 46.0 Å². The van der Waals surface area contributed by atoms with E-state index in [1.54, 1.807) is 55.5 Å². The Morgan fingerprint density at radius 2 is 2.05 bits per heavy atom. The molecule has 0 radical (unpaired) electrons. The van der Waals surface area contributed by atoms with E-state index < -0.39 is 0 Å². The zero-order valence-corrected chi connectivity index (χ0v) is 24.6. The number of ether oxygens (including phenoxy) is 3. The fraction of sp³-hybridized carbons (Fsp3) is 0.462. The van der Waals surface area contributed by atoms with Crippen LogP contribution in [0.4, 0.5) is 5.69 Å². The summed E-state index contributed by atoms with van der Waals surface area (Å²) in [6.07, 6.45) is 2.77. The first kappa shape index (κ1) is 27.0. The van der Waals surface area contributed by atoms with Crippen LogP contribution in [-0.4, -0.2) is 56.8 Å². The minimum atomic E-state index is -0.203. The van der Waals surface area contributed by atoms with Crippen LogP contribution < -0.4 is 14.8 Å². The van der Waals surface area contributed by atoms with Crippen molar-refractivity contribution in [2.45, 2.75) is 62.6 Å². The van der Waals surface area contributed by atoms with E-state index in [9.17, 15) is 4.79 Å². The molecule has 1 amide bonds. The SMILES string of the molecule is CCCSc1nc2sc3c(c2c2nnc(SCC(=O)Nc4ccc(OC)cc4OC)n12)C[C@@](C)(CC)OC3. The molecule has 1 atom stereocenters. The quantitative estimate of drug-likeness (QED) is 0.185. The molecule has 38 heavy (non-hydrogen) atoms. The van der Waals surface area contributed by atoms with Gasteiger partial charge in [0.2, 0.25) is 5.91 Å². The number of benzene rings is 1. The molecule has 3 aromatic heterocycles. The van der Waals surface area contributed by atoms with Gasteiger partial charge in [0.15, 0.2) is 16.0 Å². The highest BCUT2D eigenvalue weighted by atomic mass is 32.2. The highest BCUT2D eigenvalue weighted by Crippen LogP contribution is 2.42. The van der Waals surface area contributed by atoms with Crippen molar-refractivity contribution in [3.8, 4) is 11.5 Å². The Balaban J connectivity index is 1.46. The lowest BCUT2D eigenvalue weighted by Gasteiger charge is -2.33. The van der Waals surface area contributed by atoms with Crippen LogP contribution in [0.5, 0.6) is 11.5 Å². The number of hydrogen-bond acceptors (Lipinski definition) is 10. The monoisotopic (exact) mass is 573 g/mol. The van der Waals surface area contributed by atoms with Crippen LogP contribution in [0.15, 0.2) is 28.5 Å². The zero-order valence-electron chi connectivity index (χ0n) is 22.1. The highest BCUT2D eigenvalue weighted by Gasteiger charge is 2.33.